The largest absolute Gasteiger partial charge is 0.357 e. The van der Waals surface area contributed by atoms with E-state index in [1.807, 2.05) is 30.3 Å². The number of halogens is 3. The van der Waals surface area contributed by atoms with Gasteiger partial charge in [-0.25, -0.2) is 12.8 Å². The van der Waals surface area contributed by atoms with Gasteiger partial charge in [0.05, 0.1) is 22.0 Å². The number of anilines is 1. The number of nitrogens with zero attached hydrogens (tertiary/aromatic N) is 2. The summed E-state index contributed by atoms with van der Waals surface area (Å²) >= 11 is 12.2. The molecule has 7 nitrogen and oxygen atoms in total. The van der Waals surface area contributed by atoms with Crippen molar-refractivity contribution in [1.29, 1.82) is 0 Å². The minimum absolute atomic E-state index is 0.0739. The fourth-order valence-electron chi connectivity index (χ4n) is 3.80. The van der Waals surface area contributed by atoms with Crippen molar-refractivity contribution in [3.8, 4) is 0 Å². The minimum atomic E-state index is -4.06. The predicted molar refractivity (Wildman–Crippen MR) is 144 cm³/mol. The number of amides is 2. The van der Waals surface area contributed by atoms with E-state index in [1.165, 1.54) is 30.1 Å². The van der Waals surface area contributed by atoms with Crippen molar-refractivity contribution in [1.82, 2.24) is 10.2 Å². The third kappa shape index (κ3) is 7.44. The van der Waals surface area contributed by atoms with E-state index in [0.29, 0.717) is 14.9 Å². The third-order valence-corrected chi connectivity index (χ3v) is 7.52. The Labute approximate surface area is 225 Å². The van der Waals surface area contributed by atoms with Crippen molar-refractivity contribution in [2.24, 2.45) is 0 Å². The van der Waals surface area contributed by atoms with Gasteiger partial charge in [0.15, 0.2) is 0 Å². The maximum atomic E-state index is 14.6. The molecule has 0 heterocycles. The van der Waals surface area contributed by atoms with Crippen LogP contribution in [-0.4, -0.2) is 51.0 Å². The Balaban J connectivity index is 2.05. The van der Waals surface area contributed by atoms with Crippen LogP contribution >= 0.6 is 23.2 Å². The highest BCUT2D eigenvalue weighted by atomic mass is 35.5. The number of nitrogens with one attached hydrogen (secondary N) is 1. The molecule has 196 valence electrons. The summed E-state index contributed by atoms with van der Waals surface area (Å²) in [7, 11) is -2.61. The van der Waals surface area contributed by atoms with Crippen molar-refractivity contribution < 1.29 is 22.4 Å². The first-order valence-electron chi connectivity index (χ1n) is 11.2. The molecule has 0 unspecified atom stereocenters. The van der Waals surface area contributed by atoms with Crippen LogP contribution in [0, 0.1) is 5.82 Å². The highest BCUT2D eigenvalue weighted by molar-refractivity contribution is 7.92. The molecule has 37 heavy (non-hydrogen) atoms. The zero-order valence-corrected chi connectivity index (χ0v) is 22.5. The van der Waals surface area contributed by atoms with Crippen LogP contribution in [0.15, 0.2) is 72.8 Å². The summed E-state index contributed by atoms with van der Waals surface area (Å²) in [6.07, 6.45) is 1.04. The summed E-state index contributed by atoms with van der Waals surface area (Å²) < 4.78 is 40.5. The van der Waals surface area contributed by atoms with Gasteiger partial charge in [0.1, 0.15) is 18.4 Å². The zero-order chi connectivity index (χ0) is 27.2. The molecule has 3 aromatic carbocycles. The molecule has 0 radical (unpaired) electrons. The minimum Gasteiger partial charge on any atom is -0.357 e. The van der Waals surface area contributed by atoms with Crippen molar-refractivity contribution in [3.63, 3.8) is 0 Å². The first kappa shape index (κ1) is 28.4. The van der Waals surface area contributed by atoms with Crippen molar-refractivity contribution in [3.05, 3.63) is 99.8 Å². The second-order valence-electron chi connectivity index (χ2n) is 8.31. The molecular formula is C26H26Cl2FN3O4S. The van der Waals surface area contributed by atoms with Crippen LogP contribution in [0.3, 0.4) is 0 Å². The molecular weight excluding hydrogens is 540 g/mol. The molecule has 0 spiro atoms. The number of para-hydroxylation sites is 1. The summed E-state index contributed by atoms with van der Waals surface area (Å²) in [4.78, 5) is 28.1. The molecule has 1 N–H and O–H groups in total. The highest BCUT2D eigenvalue weighted by Gasteiger charge is 2.33. The molecule has 0 aliphatic carbocycles. The van der Waals surface area contributed by atoms with Gasteiger partial charge in [0.2, 0.25) is 21.8 Å². The number of sulfonamides is 1. The molecule has 0 aliphatic rings. The Morgan fingerprint density at radius 2 is 1.59 bits per heavy atom. The highest BCUT2D eigenvalue weighted by Crippen LogP contribution is 2.26. The zero-order valence-electron chi connectivity index (χ0n) is 20.2. The first-order chi connectivity index (χ1) is 17.5. The van der Waals surface area contributed by atoms with Crippen molar-refractivity contribution >= 4 is 50.7 Å². The van der Waals surface area contributed by atoms with Crippen LogP contribution in [-0.2, 0) is 32.6 Å². The normalized spacial score (nSPS) is 12.0. The number of carbonyl (C=O) groups is 2. The summed E-state index contributed by atoms with van der Waals surface area (Å²) in [5, 5.41) is 3.16. The quantitative estimate of drug-likeness (QED) is 0.397. The molecule has 0 bridgehead atoms. The topological polar surface area (TPSA) is 86.8 Å². The monoisotopic (exact) mass is 565 g/mol. The lowest BCUT2D eigenvalue weighted by atomic mass is 10.0. The summed E-state index contributed by atoms with van der Waals surface area (Å²) in [5.74, 6) is -1.96. The number of benzene rings is 3. The van der Waals surface area contributed by atoms with Crippen LogP contribution in [0.25, 0.3) is 0 Å². The van der Waals surface area contributed by atoms with Crippen LogP contribution < -0.4 is 9.62 Å². The maximum absolute atomic E-state index is 14.6. The van der Waals surface area contributed by atoms with Gasteiger partial charge in [-0.05, 0) is 35.4 Å². The van der Waals surface area contributed by atoms with E-state index in [4.69, 9.17) is 23.2 Å². The molecule has 0 aromatic heterocycles. The van der Waals surface area contributed by atoms with E-state index in [-0.39, 0.29) is 23.7 Å². The Bertz CT molecular complexity index is 1370. The maximum Gasteiger partial charge on any atom is 0.244 e. The van der Waals surface area contributed by atoms with Crippen LogP contribution in [0.5, 0.6) is 0 Å². The van der Waals surface area contributed by atoms with Gasteiger partial charge in [0.25, 0.3) is 0 Å². The molecule has 0 saturated carbocycles. The number of hydrogen-bond donors (Lipinski definition) is 1. The summed E-state index contributed by atoms with van der Waals surface area (Å²) in [6, 6.07) is 18.1. The number of carbonyl (C=O) groups excluding carboxylic acids is 2. The van der Waals surface area contributed by atoms with Gasteiger partial charge in [-0.15, -0.1) is 0 Å². The molecule has 0 fully saturated rings. The van der Waals surface area contributed by atoms with Gasteiger partial charge < -0.3 is 10.2 Å². The lowest BCUT2D eigenvalue weighted by Crippen LogP contribution is -2.53. The number of rotatable bonds is 10. The lowest BCUT2D eigenvalue weighted by molar-refractivity contribution is -0.139. The van der Waals surface area contributed by atoms with E-state index in [2.05, 4.69) is 5.32 Å². The Morgan fingerprint density at radius 1 is 0.946 bits per heavy atom. The van der Waals surface area contributed by atoms with E-state index in [1.54, 1.807) is 18.2 Å². The second-order valence-corrected chi connectivity index (χ2v) is 11.0. The second kappa shape index (κ2) is 12.4. The lowest BCUT2D eigenvalue weighted by Gasteiger charge is -2.33. The molecule has 0 saturated heterocycles. The smallest absolute Gasteiger partial charge is 0.244 e. The number of hydrogen-bond acceptors (Lipinski definition) is 4. The SMILES string of the molecule is CNC(=O)[C@H](Cc1ccccc1)N(Cc1ccc(Cl)c(Cl)c1)C(=O)CN(c1ccccc1F)S(C)(=O)=O. The Hall–Kier alpha value is -3.14. The van der Waals surface area contributed by atoms with Crippen LogP contribution in [0.4, 0.5) is 10.1 Å². The van der Waals surface area contributed by atoms with Gasteiger partial charge >= 0.3 is 0 Å². The molecule has 11 heteroatoms. The molecule has 0 aliphatic heterocycles. The van der Waals surface area contributed by atoms with Crippen LogP contribution in [0.2, 0.25) is 10.0 Å². The summed E-state index contributed by atoms with van der Waals surface area (Å²) in [6.45, 7) is -0.793. The standard InChI is InChI=1S/C26H26Cl2FN3O4S/c1-30-26(34)24(15-18-8-4-3-5-9-18)31(16-19-12-13-20(27)21(28)14-19)25(33)17-32(37(2,35)36)23-11-7-6-10-22(23)29/h3-14,24H,15-17H2,1-2H3,(H,30,34)/t24-/m0/s1. The third-order valence-electron chi connectivity index (χ3n) is 5.65. The molecule has 1 atom stereocenters. The summed E-state index contributed by atoms with van der Waals surface area (Å²) in [5.41, 5.74) is 1.09. The predicted octanol–water partition coefficient (Wildman–Crippen LogP) is 4.28. The first-order valence-corrected chi connectivity index (χ1v) is 13.8. The van der Waals surface area contributed by atoms with E-state index in [9.17, 15) is 22.4 Å². The van der Waals surface area contributed by atoms with Gasteiger partial charge in [-0.1, -0.05) is 71.7 Å². The molecule has 2 amide bonds. The average Bonchev–Trinajstić information content (AvgIpc) is 2.86. The molecule has 3 aromatic rings. The molecule has 3 rings (SSSR count). The number of likely N-dealkylation sites (N-methyl/N-ethyl adjacent to an activating group) is 1. The van der Waals surface area contributed by atoms with E-state index >= 15 is 0 Å². The fourth-order valence-corrected chi connectivity index (χ4v) is 4.98. The van der Waals surface area contributed by atoms with E-state index in [0.717, 1.165) is 17.9 Å². The van der Waals surface area contributed by atoms with Gasteiger partial charge in [-0.3, -0.25) is 13.9 Å². The van der Waals surface area contributed by atoms with Crippen molar-refractivity contribution in [2.75, 3.05) is 24.2 Å². The van der Waals surface area contributed by atoms with Gasteiger partial charge in [0, 0.05) is 20.0 Å². The van der Waals surface area contributed by atoms with E-state index < -0.39 is 40.2 Å². The fraction of sp³-hybridized carbons (Fsp3) is 0.231. The Kier molecular flexibility index (Phi) is 9.53. The Morgan fingerprint density at radius 3 is 2.19 bits per heavy atom. The van der Waals surface area contributed by atoms with Gasteiger partial charge in [-0.2, -0.15) is 0 Å². The van der Waals surface area contributed by atoms with Crippen molar-refractivity contribution in [2.45, 2.75) is 19.0 Å². The van der Waals surface area contributed by atoms with Crippen LogP contribution in [0.1, 0.15) is 11.1 Å². The average molecular weight is 566 g/mol.